The SMILES string of the molecule is Cc1cc(CNc2cc(F)cc(C#N)c2)no1. The Morgan fingerprint density at radius 3 is 2.88 bits per heavy atom. The van der Waals surface area contributed by atoms with Gasteiger partial charge >= 0.3 is 0 Å². The van der Waals surface area contributed by atoms with Crippen LogP contribution in [0.4, 0.5) is 10.1 Å². The molecule has 0 atom stereocenters. The minimum atomic E-state index is -0.442. The molecule has 1 aromatic carbocycles. The third-order valence-corrected chi connectivity index (χ3v) is 2.18. The minimum Gasteiger partial charge on any atom is -0.379 e. The summed E-state index contributed by atoms with van der Waals surface area (Å²) >= 11 is 0. The van der Waals surface area contributed by atoms with Gasteiger partial charge in [0, 0.05) is 11.8 Å². The van der Waals surface area contributed by atoms with Gasteiger partial charge in [0.1, 0.15) is 17.3 Å². The number of aryl methyl sites for hydroxylation is 1. The van der Waals surface area contributed by atoms with Crippen LogP contribution in [-0.4, -0.2) is 5.16 Å². The van der Waals surface area contributed by atoms with E-state index in [2.05, 4.69) is 10.5 Å². The molecule has 1 N–H and O–H groups in total. The molecule has 2 rings (SSSR count). The van der Waals surface area contributed by atoms with Crippen molar-refractivity contribution in [2.75, 3.05) is 5.32 Å². The zero-order valence-electron chi connectivity index (χ0n) is 9.20. The summed E-state index contributed by atoms with van der Waals surface area (Å²) in [5.41, 5.74) is 1.55. The van der Waals surface area contributed by atoms with Crippen LogP contribution in [-0.2, 0) is 6.54 Å². The lowest BCUT2D eigenvalue weighted by Crippen LogP contribution is -2.00. The summed E-state index contributed by atoms with van der Waals surface area (Å²) in [6.07, 6.45) is 0. The number of aromatic nitrogens is 1. The van der Waals surface area contributed by atoms with Gasteiger partial charge in [0.15, 0.2) is 0 Å². The monoisotopic (exact) mass is 231 g/mol. The van der Waals surface area contributed by atoms with E-state index < -0.39 is 5.82 Å². The summed E-state index contributed by atoms with van der Waals surface area (Å²) in [6.45, 7) is 2.22. The third-order valence-electron chi connectivity index (χ3n) is 2.18. The molecule has 5 heteroatoms. The second-order valence-electron chi connectivity index (χ2n) is 3.62. The quantitative estimate of drug-likeness (QED) is 0.881. The summed E-state index contributed by atoms with van der Waals surface area (Å²) in [5.74, 6) is 0.279. The van der Waals surface area contributed by atoms with Crippen LogP contribution in [0.15, 0.2) is 28.8 Å². The molecule has 0 saturated heterocycles. The summed E-state index contributed by atoms with van der Waals surface area (Å²) in [7, 11) is 0. The Morgan fingerprint density at radius 2 is 2.24 bits per heavy atom. The molecular weight excluding hydrogens is 221 g/mol. The van der Waals surface area contributed by atoms with E-state index in [0.29, 0.717) is 12.2 Å². The molecular formula is C12H10FN3O. The first-order valence-electron chi connectivity index (χ1n) is 5.04. The van der Waals surface area contributed by atoms with E-state index in [0.717, 1.165) is 11.5 Å². The molecule has 4 nitrogen and oxygen atoms in total. The number of halogens is 1. The first-order chi connectivity index (χ1) is 8.17. The van der Waals surface area contributed by atoms with Gasteiger partial charge in [-0.1, -0.05) is 5.16 Å². The van der Waals surface area contributed by atoms with Crippen LogP contribution in [0.1, 0.15) is 17.0 Å². The molecule has 17 heavy (non-hydrogen) atoms. The lowest BCUT2D eigenvalue weighted by atomic mass is 10.2. The van der Waals surface area contributed by atoms with Crippen LogP contribution in [0.2, 0.25) is 0 Å². The lowest BCUT2D eigenvalue weighted by molar-refractivity contribution is 0.391. The van der Waals surface area contributed by atoms with Gasteiger partial charge in [0.05, 0.1) is 18.2 Å². The Morgan fingerprint density at radius 1 is 1.41 bits per heavy atom. The van der Waals surface area contributed by atoms with E-state index in [-0.39, 0.29) is 5.56 Å². The van der Waals surface area contributed by atoms with Crippen molar-refractivity contribution in [2.24, 2.45) is 0 Å². The van der Waals surface area contributed by atoms with Crippen LogP contribution in [0, 0.1) is 24.1 Å². The van der Waals surface area contributed by atoms with Gasteiger partial charge in [-0.2, -0.15) is 5.26 Å². The van der Waals surface area contributed by atoms with Crippen molar-refractivity contribution >= 4 is 5.69 Å². The minimum absolute atomic E-state index is 0.281. The highest BCUT2D eigenvalue weighted by Gasteiger charge is 2.03. The molecule has 0 aliphatic carbocycles. The van der Waals surface area contributed by atoms with Crippen LogP contribution in [0.25, 0.3) is 0 Å². The topological polar surface area (TPSA) is 61.9 Å². The molecule has 1 heterocycles. The Kier molecular flexibility index (Phi) is 3.06. The zero-order valence-corrected chi connectivity index (χ0v) is 9.20. The van der Waals surface area contributed by atoms with Crippen molar-refractivity contribution in [3.63, 3.8) is 0 Å². The fourth-order valence-electron chi connectivity index (χ4n) is 1.45. The van der Waals surface area contributed by atoms with Gasteiger partial charge < -0.3 is 9.84 Å². The van der Waals surface area contributed by atoms with Gasteiger partial charge in [0.25, 0.3) is 0 Å². The smallest absolute Gasteiger partial charge is 0.133 e. The fourth-order valence-corrected chi connectivity index (χ4v) is 1.45. The van der Waals surface area contributed by atoms with Crippen molar-refractivity contribution in [1.29, 1.82) is 5.26 Å². The summed E-state index contributed by atoms with van der Waals surface area (Å²) in [5, 5.41) is 15.5. The van der Waals surface area contributed by atoms with Gasteiger partial charge in [-0.05, 0) is 25.1 Å². The van der Waals surface area contributed by atoms with E-state index in [1.807, 2.05) is 6.07 Å². The fraction of sp³-hybridized carbons (Fsp3) is 0.167. The molecule has 0 amide bonds. The molecule has 0 radical (unpaired) electrons. The van der Waals surface area contributed by atoms with Crippen molar-refractivity contribution < 1.29 is 8.91 Å². The number of anilines is 1. The number of nitrogens with zero attached hydrogens (tertiary/aromatic N) is 2. The van der Waals surface area contributed by atoms with Crippen LogP contribution >= 0.6 is 0 Å². The van der Waals surface area contributed by atoms with E-state index in [4.69, 9.17) is 9.78 Å². The maximum atomic E-state index is 13.1. The molecule has 0 fully saturated rings. The molecule has 0 bridgehead atoms. The number of hydrogen-bond acceptors (Lipinski definition) is 4. The second-order valence-corrected chi connectivity index (χ2v) is 3.62. The van der Waals surface area contributed by atoms with E-state index >= 15 is 0 Å². The highest BCUT2D eigenvalue weighted by Crippen LogP contribution is 2.14. The molecule has 0 unspecified atom stereocenters. The first-order valence-corrected chi connectivity index (χ1v) is 5.04. The predicted molar refractivity (Wildman–Crippen MR) is 59.7 cm³/mol. The molecule has 2 aromatic rings. The number of nitrogens with one attached hydrogen (secondary N) is 1. The first kappa shape index (κ1) is 11.1. The van der Waals surface area contributed by atoms with Crippen molar-refractivity contribution in [1.82, 2.24) is 5.16 Å². The normalized spacial score (nSPS) is 9.94. The molecule has 0 saturated carbocycles. The Labute approximate surface area is 97.7 Å². The van der Waals surface area contributed by atoms with Gasteiger partial charge in [-0.3, -0.25) is 0 Å². The average molecular weight is 231 g/mol. The maximum absolute atomic E-state index is 13.1. The van der Waals surface area contributed by atoms with Crippen LogP contribution < -0.4 is 5.32 Å². The van der Waals surface area contributed by atoms with E-state index in [1.54, 1.807) is 19.1 Å². The average Bonchev–Trinajstić information content (AvgIpc) is 2.72. The van der Waals surface area contributed by atoms with Gasteiger partial charge in [-0.15, -0.1) is 0 Å². The molecule has 86 valence electrons. The van der Waals surface area contributed by atoms with E-state index in [1.165, 1.54) is 12.1 Å². The highest BCUT2D eigenvalue weighted by molar-refractivity contribution is 5.49. The number of benzene rings is 1. The standard InChI is InChI=1S/C12H10FN3O/c1-8-2-12(16-17-8)7-15-11-4-9(6-14)3-10(13)5-11/h2-5,15H,7H2,1H3. The number of hydrogen-bond donors (Lipinski definition) is 1. The van der Waals surface area contributed by atoms with Crippen molar-refractivity contribution in [3.05, 3.63) is 47.1 Å². The molecule has 0 spiro atoms. The second kappa shape index (κ2) is 4.66. The zero-order chi connectivity index (χ0) is 12.3. The van der Waals surface area contributed by atoms with Gasteiger partial charge in [-0.25, -0.2) is 4.39 Å². The number of nitriles is 1. The third kappa shape index (κ3) is 2.82. The summed E-state index contributed by atoms with van der Waals surface area (Å²) < 4.78 is 18.0. The van der Waals surface area contributed by atoms with Crippen LogP contribution in [0.5, 0.6) is 0 Å². The highest BCUT2D eigenvalue weighted by atomic mass is 19.1. The van der Waals surface area contributed by atoms with Gasteiger partial charge in [0.2, 0.25) is 0 Å². The van der Waals surface area contributed by atoms with Crippen LogP contribution in [0.3, 0.4) is 0 Å². The number of rotatable bonds is 3. The maximum Gasteiger partial charge on any atom is 0.133 e. The summed E-state index contributed by atoms with van der Waals surface area (Å²) in [4.78, 5) is 0. The van der Waals surface area contributed by atoms with E-state index in [9.17, 15) is 4.39 Å². The predicted octanol–water partition coefficient (Wildman–Crippen LogP) is 2.61. The van der Waals surface area contributed by atoms with Crippen molar-refractivity contribution in [3.8, 4) is 6.07 Å². The Balaban J connectivity index is 2.09. The Bertz CT molecular complexity index is 571. The van der Waals surface area contributed by atoms with Crippen molar-refractivity contribution in [2.45, 2.75) is 13.5 Å². The molecule has 1 aromatic heterocycles. The lowest BCUT2D eigenvalue weighted by Gasteiger charge is -2.04. The molecule has 0 aliphatic rings. The largest absolute Gasteiger partial charge is 0.379 e. The summed E-state index contributed by atoms with van der Waals surface area (Å²) in [6, 6.07) is 7.78. The molecule has 0 aliphatic heterocycles. The Hall–Kier alpha value is -2.35.